The molecule has 131 valence electrons. The van der Waals surface area contributed by atoms with E-state index in [4.69, 9.17) is 5.73 Å². The van der Waals surface area contributed by atoms with E-state index in [1.807, 2.05) is 36.4 Å². The van der Waals surface area contributed by atoms with Gasteiger partial charge in [0, 0.05) is 30.3 Å². The topological polar surface area (TPSA) is 71.8 Å². The molecule has 1 heterocycles. The number of nitrogens with two attached hydrogens (primary N) is 1. The summed E-state index contributed by atoms with van der Waals surface area (Å²) in [6.45, 7) is 4.15. The molecule has 1 aromatic heterocycles. The standard InChI is InChI=1S/C18H20N3O.2ClH.Zr/c1-11(2)18-20-10-15(21-18)9-16(19)17(22)14-7-12-5-3-4-6-13(12)8-14;;;/h3-8,10-11,16H,9,19H2,1-2H3,(H,20,21);2*1H;/q-1;;;+3/p-2/t16-;;;/m0.../s1. The second-order valence-electron chi connectivity index (χ2n) is 6.00. The Balaban J connectivity index is 0.00000192. The number of carbonyl (C=O) groups is 1. The quantitative estimate of drug-likeness (QED) is 0.321. The van der Waals surface area contributed by atoms with Gasteiger partial charge in [-0.15, -0.1) is 29.0 Å². The average Bonchev–Trinajstić information content (AvgIpc) is 3.12. The number of ketones is 1. The number of aromatic amines is 1. The Morgan fingerprint density at radius 3 is 2.56 bits per heavy atom. The summed E-state index contributed by atoms with van der Waals surface area (Å²) in [6.07, 6.45) is 2.24. The number of carbonyl (C=O) groups excluding carboxylic acids is 1. The van der Waals surface area contributed by atoms with Gasteiger partial charge in [0.05, 0.1) is 0 Å². The number of aromatic nitrogens is 2. The van der Waals surface area contributed by atoms with E-state index in [1.54, 1.807) is 6.20 Å². The maximum Gasteiger partial charge on any atom is 3.00 e. The minimum absolute atomic E-state index is 0. The second kappa shape index (κ2) is 10.3. The van der Waals surface area contributed by atoms with Gasteiger partial charge in [-0.05, 0) is 0 Å². The number of nitrogens with zero attached hydrogens (tertiary/aromatic N) is 1. The Labute approximate surface area is 179 Å². The van der Waals surface area contributed by atoms with Crippen molar-refractivity contribution >= 4 is 16.6 Å². The Hall–Kier alpha value is -0.867. The molecule has 0 spiro atoms. The van der Waals surface area contributed by atoms with Crippen LogP contribution in [0.1, 0.15) is 41.6 Å². The Morgan fingerprint density at radius 1 is 1.28 bits per heavy atom. The largest absolute Gasteiger partial charge is 3.00 e. The molecule has 0 saturated carbocycles. The Morgan fingerprint density at radius 2 is 1.96 bits per heavy atom. The molecule has 3 rings (SSSR count). The second-order valence-corrected chi connectivity index (χ2v) is 6.00. The van der Waals surface area contributed by atoms with Crippen LogP contribution in [0, 0.1) is 0 Å². The molecule has 25 heavy (non-hydrogen) atoms. The van der Waals surface area contributed by atoms with Crippen molar-refractivity contribution in [3.05, 3.63) is 59.7 Å². The number of hydrogen-bond donors (Lipinski definition) is 2. The smallest absolute Gasteiger partial charge is 1.00 e. The van der Waals surface area contributed by atoms with Crippen LogP contribution in [0.3, 0.4) is 0 Å². The van der Waals surface area contributed by atoms with E-state index in [2.05, 4.69) is 23.8 Å². The first-order chi connectivity index (χ1) is 10.5. The van der Waals surface area contributed by atoms with Gasteiger partial charge >= 0.3 is 26.2 Å². The molecule has 0 amide bonds. The van der Waals surface area contributed by atoms with Gasteiger partial charge in [-0.3, -0.25) is 0 Å². The molecule has 0 saturated heterocycles. The number of halogens is 2. The first-order valence-corrected chi connectivity index (χ1v) is 7.53. The molecule has 2 aromatic carbocycles. The molecule has 0 unspecified atom stereocenters. The zero-order chi connectivity index (χ0) is 15.7. The minimum Gasteiger partial charge on any atom is -1.00 e. The summed E-state index contributed by atoms with van der Waals surface area (Å²) in [5, 5.41) is 2.14. The van der Waals surface area contributed by atoms with Crippen LogP contribution in [0.15, 0.2) is 42.6 Å². The van der Waals surface area contributed by atoms with Crippen molar-refractivity contribution in [2.45, 2.75) is 32.2 Å². The normalized spacial score (nSPS) is 11.4. The van der Waals surface area contributed by atoms with Crippen LogP contribution in [0.4, 0.5) is 0 Å². The van der Waals surface area contributed by atoms with Gasteiger partial charge in [-0.25, -0.2) is 4.98 Å². The Kier molecular flexibility index (Phi) is 9.96. The van der Waals surface area contributed by atoms with Crippen molar-refractivity contribution < 1.29 is 55.8 Å². The van der Waals surface area contributed by atoms with Crippen molar-refractivity contribution in [2.24, 2.45) is 5.73 Å². The summed E-state index contributed by atoms with van der Waals surface area (Å²) >= 11 is 0. The molecule has 0 fully saturated rings. The van der Waals surface area contributed by atoms with Crippen LogP contribution in [0.5, 0.6) is 0 Å². The molecular formula is C18H20Cl2N3OZr. The zero-order valence-corrected chi connectivity index (χ0v) is 18.1. The predicted molar refractivity (Wildman–Crippen MR) is 88.2 cm³/mol. The molecule has 1 radical (unpaired) electrons. The fourth-order valence-electron chi connectivity index (χ4n) is 2.61. The Bertz CT molecular complexity index is 780. The summed E-state index contributed by atoms with van der Waals surface area (Å²) in [5.41, 5.74) is 7.67. The van der Waals surface area contributed by atoms with E-state index in [-0.39, 0.29) is 56.8 Å². The SMILES string of the molecule is CC(C)c1ncc(C[C@H](N)C(=O)c2cc3ccccc3[cH-]2)[nH]1.[Cl-].[Cl-].[Zr+3]. The van der Waals surface area contributed by atoms with E-state index in [9.17, 15) is 4.79 Å². The molecule has 3 aromatic rings. The number of Topliss-reactive ketones (excluding diaryl/α,β-unsaturated/α-hetero) is 1. The molecule has 4 nitrogen and oxygen atoms in total. The number of nitrogens with one attached hydrogen (secondary N) is 1. The first kappa shape index (κ1) is 24.1. The zero-order valence-electron chi connectivity index (χ0n) is 14.1. The number of benzene rings is 1. The third kappa shape index (κ3) is 5.55. The van der Waals surface area contributed by atoms with Gasteiger partial charge in [0.2, 0.25) is 0 Å². The van der Waals surface area contributed by atoms with Gasteiger partial charge in [0.15, 0.2) is 0 Å². The molecule has 3 N–H and O–H groups in total. The van der Waals surface area contributed by atoms with Gasteiger partial charge in [0.1, 0.15) is 11.6 Å². The monoisotopic (exact) mass is 454 g/mol. The van der Waals surface area contributed by atoms with E-state index < -0.39 is 6.04 Å². The summed E-state index contributed by atoms with van der Waals surface area (Å²) in [6, 6.07) is 11.2. The maximum atomic E-state index is 12.5. The number of rotatable bonds is 5. The van der Waals surface area contributed by atoms with Crippen LogP contribution >= 0.6 is 0 Å². The molecule has 7 heteroatoms. The summed E-state index contributed by atoms with van der Waals surface area (Å²) in [4.78, 5) is 20.0. The van der Waals surface area contributed by atoms with Gasteiger partial charge in [0.25, 0.3) is 0 Å². The van der Waals surface area contributed by atoms with Gasteiger partial charge in [-0.2, -0.15) is 0 Å². The van der Waals surface area contributed by atoms with Crippen molar-refractivity contribution in [1.82, 2.24) is 9.97 Å². The van der Waals surface area contributed by atoms with E-state index in [0.29, 0.717) is 17.9 Å². The minimum atomic E-state index is -0.558. The molecule has 1 atom stereocenters. The van der Waals surface area contributed by atoms with Crippen molar-refractivity contribution in [1.29, 1.82) is 0 Å². The van der Waals surface area contributed by atoms with Gasteiger partial charge < -0.3 is 40.3 Å². The summed E-state index contributed by atoms with van der Waals surface area (Å²) < 4.78 is 0. The summed E-state index contributed by atoms with van der Waals surface area (Å²) in [7, 11) is 0. The molecule has 0 bridgehead atoms. The first-order valence-electron chi connectivity index (χ1n) is 7.53. The fraction of sp³-hybridized carbons (Fsp3) is 0.278. The van der Waals surface area contributed by atoms with Crippen LogP contribution in [0.2, 0.25) is 0 Å². The molecular weight excluding hydrogens is 436 g/mol. The fourth-order valence-corrected chi connectivity index (χ4v) is 2.61. The third-order valence-corrected chi connectivity index (χ3v) is 3.87. The van der Waals surface area contributed by atoms with Crippen LogP contribution in [0.25, 0.3) is 10.8 Å². The van der Waals surface area contributed by atoms with E-state index in [0.717, 1.165) is 22.3 Å². The number of fused-ring (bicyclic) bond motifs is 1. The summed E-state index contributed by atoms with van der Waals surface area (Å²) in [5.74, 6) is 1.23. The third-order valence-electron chi connectivity index (χ3n) is 3.87. The number of H-pyrrole nitrogens is 1. The maximum absolute atomic E-state index is 12.5. The van der Waals surface area contributed by atoms with Crippen LogP contribution < -0.4 is 30.5 Å². The molecule has 0 aliphatic heterocycles. The van der Waals surface area contributed by atoms with Crippen molar-refractivity contribution in [3.63, 3.8) is 0 Å². The molecule has 0 aliphatic rings. The van der Waals surface area contributed by atoms with Crippen LogP contribution in [-0.2, 0) is 32.6 Å². The average molecular weight is 457 g/mol. The van der Waals surface area contributed by atoms with Crippen molar-refractivity contribution in [3.8, 4) is 0 Å². The van der Waals surface area contributed by atoms with E-state index in [1.165, 1.54) is 0 Å². The van der Waals surface area contributed by atoms with Gasteiger partial charge in [-0.1, -0.05) is 37.6 Å². The van der Waals surface area contributed by atoms with Crippen LogP contribution in [-0.4, -0.2) is 21.8 Å². The predicted octanol–water partition coefficient (Wildman–Crippen LogP) is -2.84. The molecule has 0 aliphatic carbocycles. The van der Waals surface area contributed by atoms with Crippen molar-refractivity contribution in [2.75, 3.05) is 0 Å². The number of imidazole rings is 1. The van der Waals surface area contributed by atoms with E-state index >= 15 is 0 Å². The number of hydrogen-bond acceptors (Lipinski definition) is 3.